The molecule has 0 aromatic heterocycles. The lowest BCUT2D eigenvalue weighted by Crippen LogP contribution is -2.11. The quantitative estimate of drug-likeness (QED) is 0.399. The molecule has 0 bridgehead atoms. The molecule has 0 heterocycles. The first-order valence-electron chi connectivity index (χ1n) is 7.96. The molecule has 3 rings (SSSR count). The normalized spacial score (nSPS) is 11.0. The van der Waals surface area contributed by atoms with Crippen molar-refractivity contribution in [1.29, 1.82) is 0 Å². The van der Waals surface area contributed by atoms with Gasteiger partial charge in [0.25, 0.3) is 0 Å². The van der Waals surface area contributed by atoms with Crippen molar-refractivity contribution >= 4 is 17.5 Å². The van der Waals surface area contributed by atoms with Gasteiger partial charge in [-0.15, -0.1) is 0 Å². The topological polar surface area (TPSA) is 50.7 Å². The Balaban J connectivity index is 1.63. The number of benzene rings is 3. The summed E-state index contributed by atoms with van der Waals surface area (Å²) in [5.41, 5.74) is 4.46. The molecule has 1 N–H and O–H groups in total. The highest BCUT2D eigenvalue weighted by molar-refractivity contribution is 5.99. The second-order valence-electron chi connectivity index (χ2n) is 5.49. The monoisotopic (exact) mass is 330 g/mol. The van der Waals surface area contributed by atoms with Crippen LogP contribution in [0.25, 0.3) is 11.1 Å². The molecule has 0 aliphatic carbocycles. The predicted molar refractivity (Wildman–Crippen MR) is 101 cm³/mol. The standard InChI is InChI=1S/C21H18N2O2/c1-16(23-25-21(24)22-20-10-6-3-7-11-20)17-12-14-19(15-13-17)18-8-4-2-5-9-18/h2-15H,1H3,(H,22,24). The van der Waals surface area contributed by atoms with E-state index in [-0.39, 0.29) is 0 Å². The van der Waals surface area contributed by atoms with E-state index in [9.17, 15) is 4.79 Å². The van der Waals surface area contributed by atoms with Gasteiger partial charge in [0.1, 0.15) is 0 Å². The van der Waals surface area contributed by atoms with Gasteiger partial charge in [-0.25, -0.2) is 4.79 Å². The third-order valence-corrected chi connectivity index (χ3v) is 3.70. The van der Waals surface area contributed by atoms with Crippen molar-refractivity contribution in [2.24, 2.45) is 5.16 Å². The summed E-state index contributed by atoms with van der Waals surface area (Å²) in [5, 5.41) is 6.51. The van der Waals surface area contributed by atoms with E-state index in [0.29, 0.717) is 11.4 Å². The van der Waals surface area contributed by atoms with Gasteiger partial charge in [0.2, 0.25) is 0 Å². The first-order chi connectivity index (χ1) is 12.2. The van der Waals surface area contributed by atoms with Crippen LogP contribution in [-0.4, -0.2) is 11.8 Å². The van der Waals surface area contributed by atoms with Crippen molar-refractivity contribution in [2.75, 3.05) is 5.32 Å². The van der Waals surface area contributed by atoms with E-state index >= 15 is 0 Å². The molecule has 0 aliphatic heterocycles. The molecule has 4 heteroatoms. The number of nitrogens with one attached hydrogen (secondary N) is 1. The Morgan fingerprint density at radius 3 is 2.00 bits per heavy atom. The molecule has 1 amide bonds. The third-order valence-electron chi connectivity index (χ3n) is 3.70. The SMILES string of the molecule is CC(=NOC(=O)Nc1ccccc1)c1ccc(-c2ccccc2)cc1. The van der Waals surface area contributed by atoms with Crippen LogP contribution < -0.4 is 5.32 Å². The summed E-state index contributed by atoms with van der Waals surface area (Å²) in [6, 6.07) is 27.2. The van der Waals surface area contributed by atoms with Gasteiger partial charge in [-0.1, -0.05) is 78.0 Å². The molecule has 0 unspecified atom stereocenters. The zero-order valence-corrected chi connectivity index (χ0v) is 13.8. The maximum atomic E-state index is 11.7. The predicted octanol–water partition coefficient (Wildman–Crippen LogP) is 5.33. The number of amides is 1. The number of carbonyl (C=O) groups is 1. The summed E-state index contributed by atoms with van der Waals surface area (Å²) in [5.74, 6) is 0. The number of carbonyl (C=O) groups excluding carboxylic acids is 1. The molecular weight excluding hydrogens is 312 g/mol. The fourth-order valence-electron chi connectivity index (χ4n) is 2.36. The second kappa shape index (κ2) is 7.93. The lowest BCUT2D eigenvalue weighted by atomic mass is 10.0. The van der Waals surface area contributed by atoms with Crippen molar-refractivity contribution in [2.45, 2.75) is 6.92 Å². The Kier molecular flexibility index (Phi) is 5.22. The van der Waals surface area contributed by atoms with Gasteiger partial charge >= 0.3 is 6.09 Å². The highest BCUT2D eigenvalue weighted by atomic mass is 16.7. The minimum atomic E-state index is -0.619. The number of hydrogen-bond donors (Lipinski definition) is 1. The average molecular weight is 330 g/mol. The van der Waals surface area contributed by atoms with Crippen LogP contribution in [0.1, 0.15) is 12.5 Å². The smallest absolute Gasteiger partial charge is 0.298 e. The first kappa shape index (κ1) is 16.5. The number of hydrogen-bond acceptors (Lipinski definition) is 3. The number of rotatable bonds is 4. The lowest BCUT2D eigenvalue weighted by Gasteiger charge is -2.05. The number of anilines is 1. The first-order valence-corrected chi connectivity index (χ1v) is 7.96. The molecular formula is C21H18N2O2. The van der Waals surface area contributed by atoms with Gasteiger partial charge in [-0.05, 0) is 35.7 Å². The molecule has 0 radical (unpaired) electrons. The molecule has 124 valence electrons. The molecule has 4 nitrogen and oxygen atoms in total. The highest BCUT2D eigenvalue weighted by Crippen LogP contribution is 2.19. The summed E-state index contributed by atoms with van der Waals surface area (Å²) in [6.45, 7) is 1.80. The van der Waals surface area contributed by atoms with Gasteiger partial charge in [0, 0.05) is 5.69 Å². The lowest BCUT2D eigenvalue weighted by molar-refractivity contribution is 0.166. The largest absolute Gasteiger partial charge is 0.437 e. The third kappa shape index (κ3) is 4.54. The summed E-state index contributed by atoms with van der Waals surface area (Å²) in [4.78, 5) is 16.7. The molecule has 0 aliphatic rings. The van der Waals surface area contributed by atoms with Crippen LogP contribution in [0.2, 0.25) is 0 Å². The Bertz CT molecular complexity index is 857. The highest BCUT2D eigenvalue weighted by Gasteiger charge is 2.04. The second-order valence-corrected chi connectivity index (χ2v) is 5.49. The van der Waals surface area contributed by atoms with E-state index < -0.39 is 6.09 Å². The van der Waals surface area contributed by atoms with E-state index in [1.165, 1.54) is 0 Å². The molecule has 0 saturated carbocycles. The van der Waals surface area contributed by atoms with Gasteiger partial charge in [-0.2, -0.15) is 0 Å². The zero-order chi connectivity index (χ0) is 17.5. The van der Waals surface area contributed by atoms with Gasteiger partial charge in [0.05, 0.1) is 5.71 Å². The molecule has 0 spiro atoms. The van der Waals surface area contributed by atoms with Gasteiger partial charge < -0.3 is 0 Å². The van der Waals surface area contributed by atoms with Crippen molar-refractivity contribution in [3.05, 3.63) is 90.5 Å². The van der Waals surface area contributed by atoms with Crippen molar-refractivity contribution in [3.8, 4) is 11.1 Å². The minimum Gasteiger partial charge on any atom is -0.298 e. The Morgan fingerprint density at radius 2 is 1.36 bits per heavy atom. The molecule has 0 saturated heterocycles. The zero-order valence-electron chi connectivity index (χ0n) is 13.8. The molecule has 0 fully saturated rings. The van der Waals surface area contributed by atoms with Crippen LogP contribution in [0.5, 0.6) is 0 Å². The fraction of sp³-hybridized carbons (Fsp3) is 0.0476. The van der Waals surface area contributed by atoms with E-state index in [1.807, 2.05) is 60.7 Å². The summed E-state index contributed by atoms with van der Waals surface area (Å²) >= 11 is 0. The summed E-state index contributed by atoms with van der Waals surface area (Å²) in [6.07, 6.45) is -0.619. The Morgan fingerprint density at radius 1 is 0.800 bits per heavy atom. The molecule has 0 atom stereocenters. The van der Waals surface area contributed by atoms with Crippen molar-refractivity contribution in [3.63, 3.8) is 0 Å². The van der Waals surface area contributed by atoms with E-state index in [2.05, 4.69) is 22.6 Å². The molecule has 3 aromatic carbocycles. The van der Waals surface area contributed by atoms with E-state index in [4.69, 9.17) is 4.84 Å². The Labute approximate surface area is 146 Å². The molecule has 25 heavy (non-hydrogen) atoms. The van der Waals surface area contributed by atoms with Crippen molar-refractivity contribution < 1.29 is 9.63 Å². The number of oxime groups is 1. The van der Waals surface area contributed by atoms with Gasteiger partial charge in [-0.3, -0.25) is 10.2 Å². The average Bonchev–Trinajstić information content (AvgIpc) is 2.68. The van der Waals surface area contributed by atoms with Crippen LogP contribution in [0.3, 0.4) is 0 Å². The minimum absolute atomic E-state index is 0.619. The van der Waals surface area contributed by atoms with Crippen LogP contribution in [0, 0.1) is 0 Å². The van der Waals surface area contributed by atoms with E-state index in [0.717, 1.165) is 16.7 Å². The van der Waals surface area contributed by atoms with Crippen LogP contribution in [0.15, 0.2) is 90.1 Å². The summed E-state index contributed by atoms with van der Waals surface area (Å²) in [7, 11) is 0. The maximum Gasteiger partial charge on any atom is 0.437 e. The maximum absolute atomic E-state index is 11.7. The summed E-state index contributed by atoms with van der Waals surface area (Å²) < 4.78 is 0. The van der Waals surface area contributed by atoms with E-state index in [1.54, 1.807) is 19.1 Å². The fourth-order valence-corrected chi connectivity index (χ4v) is 2.36. The Hall–Kier alpha value is -3.40. The van der Waals surface area contributed by atoms with Crippen LogP contribution >= 0.6 is 0 Å². The van der Waals surface area contributed by atoms with Crippen molar-refractivity contribution in [1.82, 2.24) is 0 Å². The number of para-hydroxylation sites is 1. The molecule has 3 aromatic rings. The number of nitrogens with zero attached hydrogens (tertiary/aromatic N) is 1. The van der Waals surface area contributed by atoms with Crippen LogP contribution in [-0.2, 0) is 4.84 Å². The van der Waals surface area contributed by atoms with Crippen LogP contribution in [0.4, 0.5) is 10.5 Å². The van der Waals surface area contributed by atoms with Gasteiger partial charge in [0.15, 0.2) is 0 Å².